The number of aromatic nitrogens is 1. The van der Waals surface area contributed by atoms with Gasteiger partial charge in [0.05, 0.1) is 41.1 Å². The molecule has 1 N–H and O–H groups in total. The summed E-state index contributed by atoms with van der Waals surface area (Å²) < 4.78 is 11.1. The molecule has 0 radical (unpaired) electrons. The number of aliphatic hydroxyl groups excluding tert-OH is 1. The summed E-state index contributed by atoms with van der Waals surface area (Å²) >= 11 is 7.22. The number of esters is 1. The molecule has 1 aromatic heterocycles. The van der Waals surface area contributed by atoms with E-state index in [0.717, 1.165) is 4.70 Å². The second-order valence-corrected chi connectivity index (χ2v) is 9.79. The van der Waals surface area contributed by atoms with Gasteiger partial charge < -0.3 is 14.6 Å². The van der Waals surface area contributed by atoms with Gasteiger partial charge in [-0.25, -0.2) is 9.78 Å². The number of aliphatic hydroxyl groups is 1. The Labute approximate surface area is 226 Å². The van der Waals surface area contributed by atoms with Gasteiger partial charge in [-0.1, -0.05) is 35.1 Å². The molecular weight excluding hydrogens is 528 g/mol. The van der Waals surface area contributed by atoms with Crippen LogP contribution in [0.25, 0.3) is 16.0 Å². The first-order valence-electron chi connectivity index (χ1n) is 11.6. The molecule has 38 heavy (non-hydrogen) atoms. The van der Waals surface area contributed by atoms with Crippen LogP contribution in [0.5, 0.6) is 5.75 Å². The number of rotatable bonds is 6. The molecule has 8 nitrogen and oxygen atoms in total. The number of anilines is 1. The minimum absolute atomic E-state index is 0.0996. The number of amides is 1. The lowest BCUT2D eigenvalue weighted by Gasteiger charge is -2.23. The normalized spacial score (nSPS) is 16.7. The Bertz CT molecular complexity index is 1590. The van der Waals surface area contributed by atoms with Crippen molar-refractivity contribution in [1.29, 1.82) is 0 Å². The number of fused-ring (bicyclic) bond motifs is 1. The first-order chi connectivity index (χ1) is 18.3. The number of Topliss-reactive ketones (excluding diaryl/α,β-unsaturated/α-hetero) is 1. The molecule has 3 aromatic carbocycles. The van der Waals surface area contributed by atoms with Crippen LogP contribution in [0, 0.1) is 0 Å². The van der Waals surface area contributed by atoms with Gasteiger partial charge in [-0.3, -0.25) is 14.5 Å². The van der Waals surface area contributed by atoms with Crippen LogP contribution in [0.4, 0.5) is 5.13 Å². The molecule has 0 unspecified atom stereocenters. The SMILES string of the molecule is CCOc1ccc2nc(N3C(=O)C(=O)/C(=C(/O)c4ccc(Cl)cc4)[C@H]3c3ccc(C(=O)OC)cc3)sc2c1. The molecule has 1 aliphatic rings. The van der Waals surface area contributed by atoms with Gasteiger partial charge in [-0.15, -0.1) is 0 Å². The number of carbonyl (C=O) groups excluding carboxylic acids is 3. The van der Waals surface area contributed by atoms with Crippen molar-refractivity contribution in [3.8, 4) is 5.75 Å². The van der Waals surface area contributed by atoms with Crippen molar-refractivity contribution in [3.05, 3.63) is 94.0 Å². The summed E-state index contributed by atoms with van der Waals surface area (Å²) in [5.41, 5.74) is 1.66. The molecule has 0 bridgehead atoms. The molecule has 4 aromatic rings. The monoisotopic (exact) mass is 548 g/mol. The Hall–Kier alpha value is -4.21. The highest BCUT2D eigenvalue weighted by Crippen LogP contribution is 2.44. The predicted octanol–water partition coefficient (Wildman–Crippen LogP) is 5.76. The van der Waals surface area contributed by atoms with E-state index >= 15 is 0 Å². The fourth-order valence-corrected chi connectivity index (χ4v) is 5.43. The van der Waals surface area contributed by atoms with Crippen molar-refractivity contribution in [2.75, 3.05) is 18.6 Å². The maximum atomic E-state index is 13.4. The highest BCUT2D eigenvalue weighted by molar-refractivity contribution is 7.22. The topological polar surface area (TPSA) is 106 Å². The van der Waals surface area contributed by atoms with Crippen LogP contribution in [0.3, 0.4) is 0 Å². The average molecular weight is 549 g/mol. The van der Waals surface area contributed by atoms with Gasteiger partial charge in [0.15, 0.2) is 5.13 Å². The van der Waals surface area contributed by atoms with E-state index < -0.39 is 23.7 Å². The van der Waals surface area contributed by atoms with E-state index in [9.17, 15) is 19.5 Å². The predicted molar refractivity (Wildman–Crippen MR) is 145 cm³/mol. The van der Waals surface area contributed by atoms with E-state index in [1.807, 2.05) is 13.0 Å². The van der Waals surface area contributed by atoms with Crippen LogP contribution in [-0.2, 0) is 14.3 Å². The lowest BCUT2D eigenvalue weighted by Crippen LogP contribution is -2.29. The molecule has 1 atom stereocenters. The molecule has 1 amide bonds. The maximum Gasteiger partial charge on any atom is 0.337 e. The quantitative estimate of drug-likeness (QED) is 0.141. The van der Waals surface area contributed by atoms with Gasteiger partial charge in [0.1, 0.15) is 11.5 Å². The van der Waals surface area contributed by atoms with Crippen LogP contribution in [-0.4, -0.2) is 41.5 Å². The van der Waals surface area contributed by atoms with Crippen LogP contribution in [0.2, 0.25) is 5.02 Å². The molecule has 0 saturated carbocycles. The Morgan fingerprint density at radius 2 is 1.74 bits per heavy atom. The van der Waals surface area contributed by atoms with Crippen molar-refractivity contribution in [1.82, 2.24) is 4.98 Å². The lowest BCUT2D eigenvalue weighted by atomic mass is 9.95. The van der Waals surface area contributed by atoms with Crippen molar-refractivity contribution in [2.24, 2.45) is 0 Å². The standard InChI is InChI=1S/C28H21ClN2O6S/c1-3-37-19-12-13-20-21(14-19)38-28(30-20)31-23(15-4-6-17(7-5-15)27(35)36-2)22(25(33)26(31)34)24(32)16-8-10-18(29)11-9-16/h4-14,23,32H,3H2,1-2H3/b24-22+/t23-/m1/s1. The molecule has 1 fully saturated rings. The van der Waals surface area contributed by atoms with Crippen LogP contribution < -0.4 is 9.64 Å². The minimum Gasteiger partial charge on any atom is -0.507 e. The number of thiazole rings is 1. The summed E-state index contributed by atoms with van der Waals surface area (Å²) in [6.45, 7) is 2.38. The van der Waals surface area contributed by atoms with Gasteiger partial charge in [0.2, 0.25) is 0 Å². The van der Waals surface area contributed by atoms with Gasteiger partial charge in [0, 0.05) is 10.6 Å². The lowest BCUT2D eigenvalue weighted by molar-refractivity contribution is -0.132. The molecule has 192 valence electrons. The van der Waals surface area contributed by atoms with Gasteiger partial charge in [0.25, 0.3) is 5.78 Å². The molecular formula is C28H21ClN2O6S. The number of ether oxygens (including phenoxy) is 2. The van der Waals surface area contributed by atoms with Gasteiger partial charge >= 0.3 is 11.9 Å². The van der Waals surface area contributed by atoms with Gasteiger partial charge in [-0.2, -0.15) is 0 Å². The van der Waals surface area contributed by atoms with E-state index in [4.69, 9.17) is 21.1 Å². The molecule has 1 saturated heterocycles. The van der Waals surface area contributed by atoms with E-state index in [-0.39, 0.29) is 16.5 Å². The summed E-state index contributed by atoms with van der Waals surface area (Å²) in [5, 5.41) is 12.0. The van der Waals surface area contributed by atoms with Crippen LogP contribution >= 0.6 is 22.9 Å². The number of halogens is 1. The van der Waals surface area contributed by atoms with Crippen molar-refractivity contribution >= 4 is 61.7 Å². The summed E-state index contributed by atoms with van der Waals surface area (Å²) in [6.07, 6.45) is 0. The van der Waals surface area contributed by atoms with E-state index in [1.54, 1.807) is 48.5 Å². The number of carbonyl (C=O) groups is 3. The zero-order chi connectivity index (χ0) is 27.0. The first kappa shape index (κ1) is 25.4. The zero-order valence-electron chi connectivity index (χ0n) is 20.3. The molecule has 10 heteroatoms. The van der Waals surface area contributed by atoms with Crippen LogP contribution in [0.1, 0.15) is 34.5 Å². The first-order valence-corrected chi connectivity index (χ1v) is 12.8. The molecule has 0 spiro atoms. The van der Waals surface area contributed by atoms with Crippen molar-refractivity contribution in [2.45, 2.75) is 13.0 Å². The fraction of sp³-hybridized carbons (Fsp3) is 0.143. The highest BCUT2D eigenvalue weighted by atomic mass is 35.5. The summed E-state index contributed by atoms with van der Waals surface area (Å²) in [5.74, 6) is -1.89. The van der Waals surface area contributed by atoms with Crippen molar-refractivity contribution in [3.63, 3.8) is 0 Å². The maximum absolute atomic E-state index is 13.4. The average Bonchev–Trinajstić information content (AvgIpc) is 3.46. The van der Waals surface area contributed by atoms with Gasteiger partial charge in [-0.05, 0) is 67.1 Å². The Morgan fingerprint density at radius 3 is 2.39 bits per heavy atom. The van der Waals surface area contributed by atoms with E-state index in [0.29, 0.717) is 39.6 Å². The summed E-state index contributed by atoms with van der Waals surface area (Å²) in [7, 11) is 1.28. The second kappa shape index (κ2) is 10.3. The smallest absolute Gasteiger partial charge is 0.337 e. The molecule has 0 aliphatic carbocycles. The highest BCUT2D eigenvalue weighted by Gasteiger charge is 2.48. The number of hydrogen-bond acceptors (Lipinski definition) is 8. The van der Waals surface area contributed by atoms with Crippen LogP contribution in [0.15, 0.2) is 72.3 Å². The molecule has 1 aliphatic heterocycles. The molecule has 5 rings (SSSR count). The third-order valence-corrected chi connectivity index (χ3v) is 7.34. The number of methoxy groups -OCH3 is 1. The van der Waals surface area contributed by atoms with E-state index in [1.165, 1.54) is 35.5 Å². The second-order valence-electron chi connectivity index (χ2n) is 8.35. The number of hydrogen-bond donors (Lipinski definition) is 1. The number of benzene rings is 3. The Kier molecular flexibility index (Phi) is 6.88. The fourth-order valence-electron chi connectivity index (χ4n) is 4.28. The summed E-state index contributed by atoms with van der Waals surface area (Å²) in [6, 6.07) is 17.0. The number of nitrogens with zero attached hydrogens (tertiary/aromatic N) is 2. The largest absolute Gasteiger partial charge is 0.507 e. The molecule has 2 heterocycles. The Balaban J connectivity index is 1.68. The summed E-state index contributed by atoms with van der Waals surface area (Å²) in [4.78, 5) is 44.7. The van der Waals surface area contributed by atoms with Crippen molar-refractivity contribution < 1.29 is 29.0 Å². The third kappa shape index (κ3) is 4.51. The third-order valence-electron chi connectivity index (χ3n) is 6.08. The zero-order valence-corrected chi connectivity index (χ0v) is 21.9. The minimum atomic E-state index is -0.996. The number of ketones is 1. The Morgan fingerprint density at radius 1 is 1.05 bits per heavy atom. The van der Waals surface area contributed by atoms with E-state index in [2.05, 4.69) is 4.98 Å².